The standard InChI is InChI=1S/4C14H16N2.C14H15N.2C13H14N2.C6H9NS/c1-10(2)12-4-6-13(7-5-12)14-8-15-11(3)16-9-14;3*1-10(2)12-4-6-13(7-5-12)14-15-8-11(3)9-16-14;1-11(2)12-6-8-13(9-7-12)14-5-3-4-10-15-14;1-10(2)11-4-6-12(7-5-11)13-14-8-3-9-15-13;1-10(2)11-3-5-12(6-4-11)13-9-14-7-8-15-13;1-5(2)6-7-3-4-8-6/h4*4-10H,1-3H3;3-11H,1-2H3;2*3-10H,1-2H3;3-5H,1-2H3. The smallest absolute Gasteiger partial charge is 0.159 e. The maximum Gasteiger partial charge on any atom is 0.159 e. The van der Waals surface area contributed by atoms with E-state index in [9.17, 15) is 0 Å². The van der Waals surface area contributed by atoms with Crippen molar-refractivity contribution in [3.63, 3.8) is 0 Å². The van der Waals surface area contributed by atoms with Crippen LogP contribution in [0.2, 0.25) is 0 Å². The summed E-state index contributed by atoms with van der Waals surface area (Å²) in [6.45, 7) is 42.9. The molecule has 0 aliphatic carbocycles. The van der Waals surface area contributed by atoms with Crippen LogP contribution in [0.25, 0.3) is 79.2 Å². The van der Waals surface area contributed by atoms with Crippen LogP contribution in [0.1, 0.15) is 225 Å². The van der Waals surface area contributed by atoms with Crippen LogP contribution in [0.5, 0.6) is 0 Å². The van der Waals surface area contributed by atoms with Crippen molar-refractivity contribution in [1.82, 2.24) is 69.8 Å². The van der Waals surface area contributed by atoms with Gasteiger partial charge in [0.15, 0.2) is 23.3 Å². The third kappa shape index (κ3) is 30.2. The summed E-state index contributed by atoms with van der Waals surface area (Å²) < 4.78 is 0. The van der Waals surface area contributed by atoms with Crippen molar-refractivity contribution in [3.8, 4) is 79.2 Å². The first-order chi connectivity index (χ1) is 56.3. The van der Waals surface area contributed by atoms with E-state index in [0.717, 1.165) is 90.6 Å². The first-order valence-electron chi connectivity index (χ1n) is 40.5. The number of benzene rings is 7. The quantitative estimate of drug-likeness (QED) is 0.0945. The summed E-state index contributed by atoms with van der Waals surface area (Å²) >= 11 is 1.72. The van der Waals surface area contributed by atoms with E-state index in [0.29, 0.717) is 47.3 Å². The normalized spacial score (nSPS) is 10.7. The molecule has 8 heterocycles. The van der Waals surface area contributed by atoms with Gasteiger partial charge in [-0.2, -0.15) is 0 Å². The molecule has 15 heteroatoms. The van der Waals surface area contributed by atoms with Crippen molar-refractivity contribution in [1.29, 1.82) is 0 Å². The van der Waals surface area contributed by atoms with Crippen LogP contribution in [0.15, 0.2) is 292 Å². The van der Waals surface area contributed by atoms with Gasteiger partial charge in [-0.3, -0.25) is 15.0 Å². The topological polar surface area (TPSA) is 180 Å². The van der Waals surface area contributed by atoms with Gasteiger partial charge in [-0.05, 0) is 149 Å². The number of hydrogen-bond donors (Lipinski definition) is 0. The molecule has 0 aliphatic rings. The third-order valence-corrected chi connectivity index (χ3v) is 19.9. The van der Waals surface area contributed by atoms with E-state index in [1.807, 2.05) is 119 Å². The Morgan fingerprint density at radius 1 is 0.205 bits per heavy atom. The molecule has 0 N–H and O–H groups in total. The Labute approximate surface area is 700 Å². The molecule has 0 fully saturated rings. The first kappa shape index (κ1) is 90.3. The van der Waals surface area contributed by atoms with Gasteiger partial charge in [-0.25, -0.2) is 54.8 Å². The summed E-state index contributed by atoms with van der Waals surface area (Å²) in [6.07, 6.45) is 27.2. The Kier molecular flexibility index (Phi) is 36.3. The van der Waals surface area contributed by atoms with Crippen LogP contribution in [0.3, 0.4) is 0 Å². The fraction of sp³-hybridized carbons (Fsp3) is 0.275. The van der Waals surface area contributed by atoms with Gasteiger partial charge in [-0.1, -0.05) is 287 Å². The molecular weight excluding hydrogens is 1450 g/mol. The van der Waals surface area contributed by atoms with Gasteiger partial charge in [0.05, 0.1) is 22.6 Å². The highest BCUT2D eigenvalue weighted by Crippen LogP contribution is 2.28. The maximum atomic E-state index is 4.32. The molecule has 0 amide bonds. The van der Waals surface area contributed by atoms with Crippen molar-refractivity contribution < 1.29 is 0 Å². The lowest BCUT2D eigenvalue weighted by atomic mass is 10.00. The van der Waals surface area contributed by atoms with Gasteiger partial charge in [0, 0.05) is 137 Å². The highest BCUT2D eigenvalue weighted by Gasteiger charge is 2.10. The number of aryl methyl sites for hydroxylation is 4. The molecule has 15 aromatic rings. The third-order valence-electron chi connectivity index (χ3n) is 18.9. The molecule has 0 spiro atoms. The Morgan fingerprint density at radius 2 is 0.496 bits per heavy atom. The number of aromatic nitrogens is 14. The van der Waals surface area contributed by atoms with Crippen molar-refractivity contribution in [2.45, 2.75) is 186 Å². The highest BCUT2D eigenvalue weighted by molar-refractivity contribution is 7.09. The van der Waals surface area contributed by atoms with E-state index in [1.54, 1.807) is 42.3 Å². The molecule has 0 saturated carbocycles. The van der Waals surface area contributed by atoms with Crippen molar-refractivity contribution in [2.24, 2.45) is 0 Å². The van der Waals surface area contributed by atoms with Crippen LogP contribution in [0, 0.1) is 27.7 Å². The number of nitrogens with zero attached hydrogens (tertiary/aromatic N) is 14. The minimum atomic E-state index is 0.563. The second-order valence-corrected chi connectivity index (χ2v) is 32.0. The summed E-state index contributed by atoms with van der Waals surface area (Å²) in [6, 6.07) is 67.3. The molecule has 14 nitrogen and oxygen atoms in total. The van der Waals surface area contributed by atoms with Gasteiger partial charge in [0.1, 0.15) is 5.82 Å². The maximum absolute atomic E-state index is 4.32. The van der Waals surface area contributed by atoms with Crippen LogP contribution >= 0.6 is 11.3 Å². The van der Waals surface area contributed by atoms with Crippen molar-refractivity contribution >= 4 is 11.3 Å². The summed E-state index contributed by atoms with van der Waals surface area (Å²) in [4.78, 5) is 59.5. The van der Waals surface area contributed by atoms with Gasteiger partial charge in [-0.15, -0.1) is 11.3 Å². The fourth-order valence-corrected chi connectivity index (χ4v) is 12.0. The molecule has 0 aliphatic heterocycles. The number of thiazole rings is 1. The van der Waals surface area contributed by atoms with Crippen LogP contribution in [-0.2, 0) is 0 Å². The van der Waals surface area contributed by atoms with E-state index in [1.165, 1.54) is 55.1 Å². The summed E-state index contributed by atoms with van der Waals surface area (Å²) in [5.41, 5.74) is 23.5. The van der Waals surface area contributed by atoms with E-state index in [4.69, 9.17) is 0 Å². The van der Waals surface area contributed by atoms with Gasteiger partial charge in [0.25, 0.3) is 0 Å². The molecule has 7 aromatic carbocycles. The molecule has 0 atom stereocenters. The minimum absolute atomic E-state index is 0.563. The Balaban J connectivity index is 0.000000168. The molecule has 600 valence electrons. The van der Waals surface area contributed by atoms with Gasteiger partial charge in [0.2, 0.25) is 0 Å². The van der Waals surface area contributed by atoms with Crippen molar-refractivity contribution in [3.05, 3.63) is 359 Å². The van der Waals surface area contributed by atoms with E-state index in [-0.39, 0.29) is 0 Å². The monoisotopic (exact) mass is 1570 g/mol. The van der Waals surface area contributed by atoms with Gasteiger partial charge >= 0.3 is 0 Å². The zero-order valence-electron chi connectivity index (χ0n) is 72.0. The lowest BCUT2D eigenvalue weighted by Crippen LogP contribution is -1.91. The first-order valence-corrected chi connectivity index (χ1v) is 41.4. The number of hydrogen-bond acceptors (Lipinski definition) is 15. The summed E-state index contributed by atoms with van der Waals surface area (Å²) in [5.74, 6) is 8.55. The SMILES string of the molecule is CC(C)c1ccc(-c2ccccn2)cc1.CC(C)c1ccc(-c2cnccn2)cc1.CC(C)c1ccc(-c2ncccn2)cc1.CC(C)c1nccs1.Cc1cnc(-c2ccc(C(C)C)cc2)nc1.Cc1cnc(-c2ccc(C(C)C)cc2)nc1.Cc1cnc(-c2ccc(C(C)C)cc2)nc1.Cc1ncc(-c2ccc(C(C)C)cc2)cn1. The largest absolute Gasteiger partial charge is 0.261 e. The summed E-state index contributed by atoms with van der Waals surface area (Å²) in [7, 11) is 0. The lowest BCUT2D eigenvalue weighted by molar-refractivity contribution is 0.852. The zero-order valence-corrected chi connectivity index (χ0v) is 72.8. The van der Waals surface area contributed by atoms with E-state index in [2.05, 4.69) is 350 Å². The summed E-state index contributed by atoms with van der Waals surface area (Å²) in [5, 5.41) is 3.24. The molecule has 0 unspecified atom stereocenters. The fourth-order valence-electron chi connectivity index (χ4n) is 11.3. The number of rotatable bonds is 15. The molecule has 0 bridgehead atoms. The lowest BCUT2D eigenvalue weighted by Gasteiger charge is -2.06. The Hall–Kier alpha value is -12.2. The second kappa shape index (κ2) is 47.0. The van der Waals surface area contributed by atoms with E-state index < -0.39 is 0 Å². The Bertz CT molecular complexity index is 4630. The number of pyridine rings is 1. The molecule has 8 aromatic heterocycles. The second-order valence-electron chi connectivity index (χ2n) is 31.1. The molecule has 0 radical (unpaired) electrons. The molecule has 117 heavy (non-hydrogen) atoms. The van der Waals surface area contributed by atoms with Crippen molar-refractivity contribution in [2.75, 3.05) is 0 Å². The Morgan fingerprint density at radius 3 is 0.761 bits per heavy atom. The van der Waals surface area contributed by atoms with E-state index >= 15 is 0 Å². The van der Waals surface area contributed by atoms with Crippen LogP contribution in [-0.4, -0.2) is 69.8 Å². The zero-order chi connectivity index (χ0) is 84.2. The average molecular weight is 1570 g/mol. The predicted octanol–water partition coefficient (Wildman–Crippen LogP) is 27.0. The van der Waals surface area contributed by atoms with Crippen LogP contribution < -0.4 is 0 Å². The highest BCUT2D eigenvalue weighted by atomic mass is 32.1. The van der Waals surface area contributed by atoms with Crippen LogP contribution in [0.4, 0.5) is 0 Å². The minimum Gasteiger partial charge on any atom is -0.261 e. The molecule has 15 rings (SSSR count). The van der Waals surface area contributed by atoms with Gasteiger partial charge < -0.3 is 0 Å². The average Bonchev–Trinajstić information content (AvgIpc) is 1.21. The molecular formula is C102H116N14S. The molecule has 0 saturated heterocycles. The predicted molar refractivity (Wildman–Crippen MR) is 488 cm³/mol.